The number of hydrogen-bond donors (Lipinski definition) is 0. The van der Waals surface area contributed by atoms with Gasteiger partial charge in [0.25, 0.3) is 5.91 Å². The lowest BCUT2D eigenvalue weighted by Gasteiger charge is -2.51. The molecule has 7 heteroatoms. The van der Waals surface area contributed by atoms with Gasteiger partial charge < -0.3 is 9.47 Å². The summed E-state index contributed by atoms with van der Waals surface area (Å²) in [5, 5.41) is 0. The van der Waals surface area contributed by atoms with Gasteiger partial charge in [0.05, 0.1) is 12.0 Å². The van der Waals surface area contributed by atoms with E-state index in [-0.39, 0.29) is 35.5 Å². The molecule has 0 N–H and O–H groups in total. The van der Waals surface area contributed by atoms with Crippen LogP contribution in [0.25, 0.3) is 0 Å². The van der Waals surface area contributed by atoms with E-state index in [1.165, 1.54) is 18.7 Å². The highest BCUT2D eigenvalue weighted by molar-refractivity contribution is 6.03. The lowest BCUT2D eigenvalue weighted by atomic mass is 9.67. The van der Waals surface area contributed by atoms with Gasteiger partial charge in [0.2, 0.25) is 5.91 Å². The van der Waals surface area contributed by atoms with Gasteiger partial charge >= 0.3 is 11.9 Å². The molecule has 0 aromatic rings. The molecule has 2 saturated carbocycles. The molecule has 0 aromatic heterocycles. The maximum absolute atomic E-state index is 12.3. The van der Waals surface area contributed by atoms with Gasteiger partial charge in [-0.1, -0.05) is 6.58 Å². The van der Waals surface area contributed by atoms with Gasteiger partial charge in [-0.3, -0.25) is 19.3 Å². The predicted molar refractivity (Wildman–Crippen MR) is 85.9 cm³/mol. The van der Waals surface area contributed by atoms with Gasteiger partial charge in [-0.2, -0.15) is 0 Å². The number of fused-ring (bicyclic) bond motifs is 2. The lowest BCUT2D eigenvalue weighted by molar-refractivity contribution is -0.175. The zero-order valence-corrected chi connectivity index (χ0v) is 14.5. The molecule has 0 radical (unpaired) electrons. The normalized spacial score (nSPS) is 33.0. The fraction of sp³-hybridized carbons (Fsp3) is 0.667. The molecular weight excluding hydrogens is 326 g/mol. The smallest absolute Gasteiger partial charge is 0.333 e. The monoisotopic (exact) mass is 349 g/mol. The summed E-state index contributed by atoms with van der Waals surface area (Å²) in [6.07, 6.45) is 2.97. The SMILES string of the molecule is C=C(C)C(=O)OCC(=O)N1C(=O)C2CC3CC(OC(C)=O)CC3CC21. The van der Waals surface area contributed by atoms with Gasteiger partial charge in [0, 0.05) is 12.5 Å². The van der Waals surface area contributed by atoms with E-state index in [2.05, 4.69) is 6.58 Å². The molecule has 0 spiro atoms. The Balaban J connectivity index is 1.57. The molecule has 2 amide bonds. The first-order valence-electron chi connectivity index (χ1n) is 8.63. The van der Waals surface area contributed by atoms with Crippen LogP contribution in [0.15, 0.2) is 12.2 Å². The number of β-lactam (4-membered cyclic amide) rings is 1. The van der Waals surface area contributed by atoms with E-state index in [1.807, 2.05) is 0 Å². The van der Waals surface area contributed by atoms with Gasteiger partial charge in [0.15, 0.2) is 6.61 Å². The summed E-state index contributed by atoms with van der Waals surface area (Å²) in [6.45, 7) is 5.92. The molecule has 3 aliphatic rings. The fourth-order valence-corrected chi connectivity index (χ4v) is 4.46. The summed E-state index contributed by atoms with van der Waals surface area (Å²) in [4.78, 5) is 48.3. The van der Waals surface area contributed by atoms with Crippen LogP contribution in [-0.4, -0.2) is 47.4 Å². The van der Waals surface area contributed by atoms with Crippen molar-refractivity contribution in [2.24, 2.45) is 17.8 Å². The molecule has 7 nitrogen and oxygen atoms in total. The Morgan fingerprint density at radius 1 is 1.12 bits per heavy atom. The average Bonchev–Trinajstić information content (AvgIpc) is 2.91. The maximum atomic E-state index is 12.3. The number of imide groups is 1. The first-order chi connectivity index (χ1) is 11.8. The van der Waals surface area contributed by atoms with Crippen LogP contribution in [0.4, 0.5) is 0 Å². The largest absolute Gasteiger partial charge is 0.463 e. The molecule has 136 valence electrons. The zero-order chi connectivity index (χ0) is 18.3. The van der Waals surface area contributed by atoms with Crippen LogP contribution in [-0.2, 0) is 28.7 Å². The average molecular weight is 349 g/mol. The van der Waals surface area contributed by atoms with E-state index in [0.717, 1.165) is 25.7 Å². The number of esters is 2. The second kappa shape index (κ2) is 6.61. The highest BCUT2D eigenvalue weighted by atomic mass is 16.5. The lowest BCUT2D eigenvalue weighted by Crippen LogP contribution is -2.66. The van der Waals surface area contributed by atoms with Crippen LogP contribution in [0.1, 0.15) is 39.5 Å². The molecule has 0 bridgehead atoms. The standard InChI is InChI=1S/C18H23NO6/c1-9(2)18(23)24-8-16(21)19-15-7-12-5-13(25-10(3)20)4-11(12)6-14(15)17(19)22/h11-15H,1,4-8H2,2-3H3. The fourth-order valence-electron chi connectivity index (χ4n) is 4.46. The molecule has 3 fully saturated rings. The topological polar surface area (TPSA) is 90.0 Å². The van der Waals surface area contributed by atoms with Gasteiger partial charge in [-0.05, 0) is 44.4 Å². The number of carbonyl (C=O) groups excluding carboxylic acids is 4. The van der Waals surface area contributed by atoms with Crippen molar-refractivity contribution in [3.8, 4) is 0 Å². The predicted octanol–water partition coefficient (Wildman–Crippen LogP) is 1.21. The van der Waals surface area contributed by atoms with Crippen LogP contribution in [0.5, 0.6) is 0 Å². The molecule has 1 saturated heterocycles. The molecule has 1 heterocycles. The van der Waals surface area contributed by atoms with Crippen LogP contribution in [0, 0.1) is 17.8 Å². The van der Waals surface area contributed by atoms with E-state index in [9.17, 15) is 19.2 Å². The highest BCUT2D eigenvalue weighted by Crippen LogP contribution is 2.50. The Morgan fingerprint density at radius 2 is 1.76 bits per heavy atom. The number of nitrogens with zero attached hydrogens (tertiary/aromatic N) is 1. The number of rotatable bonds is 4. The first kappa shape index (κ1) is 17.6. The van der Waals surface area contributed by atoms with Crippen molar-refractivity contribution in [3.05, 3.63) is 12.2 Å². The summed E-state index contributed by atoms with van der Waals surface area (Å²) >= 11 is 0. The van der Waals surface area contributed by atoms with Crippen LogP contribution < -0.4 is 0 Å². The number of carbonyl (C=O) groups is 4. The zero-order valence-electron chi connectivity index (χ0n) is 14.5. The summed E-state index contributed by atoms with van der Waals surface area (Å²) in [5.74, 6) is -0.997. The van der Waals surface area contributed by atoms with Crippen molar-refractivity contribution in [2.75, 3.05) is 6.61 Å². The Bertz CT molecular complexity index is 641. The van der Waals surface area contributed by atoms with Gasteiger partial charge in [0.1, 0.15) is 6.10 Å². The molecule has 5 unspecified atom stereocenters. The third kappa shape index (κ3) is 3.32. The van der Waals surface area contributed by atoms with E-state index in [0.29, 0.717) is 11.8 Å². The number of ether oxygens (including phenoxy) is 2. The number of likely N-dealkylation sites (tertiary alicyclic amines) is 1. The number of amides is 2. The second-order valence-electron chi connectivity index (χ2n) is 7.33. The minimum Gasteiger partial charge on any atom is -0.463 e. The number of hydrogen-bond acceptors (Lipinski definition) is 6. The third-order valence-electron chi connectivity index (χ3n) is 5.53. The van der Waals surface area contributed by atoms with E-state index < -0.39 is 18.5 Å². The van der Waals surface area contributed by atoms with Crippen molar-refractivity contribution >= 4 is 23.8 Å². The molecule has 0 aromatic carbocycles. The van der Waals surface area contributed by atoms with Crippen molar-refractivity contribution in [2.45, 2.75) is 51.7 Å². The summed E-state index contributed by atoms with van der Waals surface area (Å²) in [7, 11) is 0. The van der Waals surface area contributed by atoms with Crippen molar-refractivity contribution < 1.29 is 28.7 Å². The molecular formula is C18H23NO6. The van der Waals surface area contributed by atoms with Crippen LogP contribution in [0.2, 0.25) is 0 Å². The van der Waals surface area contributed by atoms with E-state index in [4.69, 9.17) is 9.47 Å². The molecule has 5 atom stereocenters. The van der Waals surface area contributed by atoms with Crippen molar-refractivity contribution in [1.29, 1.82) is 0 Å². The molecule has 2 aliphatic carbocycles. The Hall–Kier alpha value is -2.18. The van der Waals surface area contributed by atoms with Crippen LogP contribution >= 0.6 is 0 Å². The molecule has 1 aliphatic heterocycles. The quantitative estimate of drug-likeness (QED) is 0.430. The molecule has 25 heavy (non-hydrogen) atoms. The summed E-state index contributed by atoms with van der Waals surface area (Å²) in [5.41, 5.74) is 0.212. The van der Waals surface area contributed by atoms with Crippen molar-refractivity contribution in [3.63, 3.8) is 0 Å². The summed E-state index contributed by atoms with van der Waals surface area (Å²) < 4.78 is 10.2. The third-order valence-corrected chi connectivity index (χ3v) is 5.53. The minimum absolute atomic E-state index is 0.0826. The van der Waals surface area contributed by atoms with Gasteiger partial charge in [-0.25, -0.2) is 4.79 Å². The Labute approximate surface area is 146 Å². The van der Waals surface area contributed by atoms with Crippen molar-refractivity contribution in [1.82, 2.24) is 4.90 Å². The highest BCUT2D eigenvalue weighted by Gasteiger charge is 2.57. The summed E-state index contributed by atoms with van der Waals surface area (Å²) in [6, 6.07) is -0.124. The molecule has 3 rings (SSSR count). The first-order valence-corrected chi connectivity index (χ1v) is 8.63. The van der Waals surface area contributed by atoms with E-state index >= 15 is 0 Å². The minimum atomic E-state index is -0.637. The second-order valence-corrected chi connectivity index (χ2v) is 7.33. The maximum Gasteiger partial charge on any atom is 0.333 e. The van der Waals surface area contributed by atoms with Gasteiger partial charge in [-0.15, -0.1) is 0 Å². The van der Waals surface area contributed by atoms with Crippen LogP contribution in [0.3, 0.4) is 0 Å². The Kier molecular flexibility index (Phi) is 4.67. The van der Waals surface area contributed by atoms with E-state index in [1.54, 1.807) is 0 Å². The Morgan fingerprint density at radius 3 is 2.36 bits per heavy atom.